The van der Waals surface area contributed by atoms with Gasteiger partial charge in [-0.2, -0.15) is 0 Å². The second-order valence-corrected chi connectivity index (χ2v) is 7.56. The summed E-state index contributed by atoms with van der Waals surface area (Å²) in [6, 6.07) is 13.1. The number of hydrogen-bond acceptors (Lipinski definition) is 4. The van der Waals surface area contributed by atoms with Gasteiger partial charge in [-0.15, -0.1) is 0 Å². The number of carboxylic acid groups (broad SMARTS) is 1. The molecule has 0 aliphatic carbocycles. The lowest BCUT2D eigenvalue weighted by Gasteiger charge is -2.17. The van der Waals surface area contributed by atoms with Crippen molar-refractivity contribution in [2.45, 2.75) is 33.7 Å². The Bertz CT molecular complexity index is 1170. The number of nitrogens with zero attached hydrogens (tertiary/aromatic N) is 1. The molecule has 6 nitrogen and oxygen atoms in total. The number of hydrogen-bond donors (Lipinski definition) is 1. The van der Waals surface area contributed by atoms with Crippen LogP contribution in [0.1, 0.15) is 40.9 Å². The van der Waals surface area contributed by atoms with Crippen molar-refractivity contribution >= 4 is 28.3 Å². The summed E-state index contributed by atoms with van der Waals surface area (Å²) in [6.07, 6.45) is -0.0534. The quantitative estimate of drug-likeness (QED) is 0.599. The predicted molar refractivity (Wildman–Crippen MR) is 119 cm³/mol. The number of carbonyl (C=O) groups is 2. The number of aliphatic carboxylic acids is 1. The zero-order valence-electron chi connectivity index (χ0n) is 17.9. The highest BCUT2D eigenvalue weighted by Gasteiger charge is 2.36. The highest BCUT2D eigenvalue weighted by Crippen LogP contribution is 2.46. The van der Waals surface area contributed by atoms with Crippen LogP contribution in [0.4, 0.5) is 5.69 Å². The van der Waals surface area contributed by atoms with Crippen LogP contribution in [0.25, 0.3) is 10.8 Å². The second kappa shape index (κ2) is 8.30. The molecule has 0 atom stereocenters. The van der Waals surface area contributed by atoms with Gasteiger partial charge in [0.2, 0.25) is 0 Å². The second-order valence-electron chi connectivity index (χ2n) is 7.56. The van der Waals surface area contributed by atoms with Crippen LogP contribution in [0.15, 0.2) is 42.5 Å². The molecule has 3 aromatic rings. The first-order valence-electron chi connectivity index (χ1n) is 10.4. The Morgan fingerprint density at radius 1 is 1.00 bits per heavy atom. The molecule has 6 heteroatoms. The fourth-order valence-corrected chi connectivity index (χ4v) is 4.11. The van der Waals surface area contributed by atoms with E-state index < -0.39 is 5.97 Å². The number of rotatable bonds is 7. The monoisotopic (exact) mass is 419 g/mol. The first kappa shape index (κ1) is 20.7. The molecule has 0 aromatic heterocycles. The molecule has 1 N–H and O–H groups in total. The van der Waals surface area contributed by atoms with E-state index >= 15 is 0 Å². The largest absolute Gasteiger partial charge is 0.493 e. The van der Waals surface area contributed by atoms with Gasteiger partial charge < -0.3 is 19.5 Å². The average molecular weight is 419 g/mol. The fraction of sp³-hybridized carbons (Fsp3) is 0.280. The van der Waals surface area contributed by atoms with Crippen molar-refractivity contribution < 1.29 is 24.2 Å². The van der Waals surface area contributed by atoms with Crippen LogP contribution in [0.3, 0.4) is 0 Å². The number of carboxylic acids is 1. The van der Waals surface area contributed by atoms with E-state index in [2.05, 4.69) is 6.07 Å². The first-order valence-corrected chi connectivity index (χ1v) is 10.4. The summed E-state index contributed by atoms with van der Waals surface area (Å²) in [7, 11) is 0. The van der Waals surface area contributed by atoms with Crippen LogP contribution in [-0.4, -0.2) is 30.2 Å². The zero-order chi connectivity index (χ0) is 22.1. The van der Waals surface area contributed by atoms with Crippen LogP contribution in [0.2, 0.25) is 0 Å². The lowest BCUT2D eigenvalue weighted by molar-refractivity contribution is -0.136. The van der Waals surface area contributed by atoms with Gasteiger partial charge in [0, 0.05) is 22.0 Å². The molecule has 160 valence electrons. The molecule has 0 fully saturated rings. The number of carbonyl (C=O) groups excluding carboxylic acids is 1. The van der Waals surface area contributed by atoms with E-state index in [1.165, 1.54) is 0 Å². The number of amides is 1. The van der Waals surface area contributed by atoms with Crippen LogP contribution in [-0.2, 0) is 17.8 Å². The Morgan fingerprint density at radius 2 is 1.68 bits per heavy atom. The molecule has 3 aromatic carbocycles. The van der Waals surface area contributed by atoms with E-state index in [4.69, 9.17) is 14.6 Å². The number of benzene rings is 3. The summed E-state index contributed by atoms with van der Waals surface area (Å²) in [5, 5.41) is 10.8. The topological polar surface area (TPSA) is 76.1 Å². The predicted octanol–water partition coefficient (Wildman–Crippen LogP) is 4.73. The summed E-state index contributed by atoms with van der Waals surface area (Å²) in [4.78, 5) is 26.2. The third-order valence-corrected chi connectivity index (χ3v) is 5.42. The lowest BCUT2D eigenvalue weighted by atomic mass is 9.98. The maximum absolute atomic E-state index is 13.5. The Hall–Kier alpha value is -3.54. The molecule has 0 spiro atoms. The summed E-state index contributed by atoms with van der Waals surface area (Å²) in [6.45, 7) is 7.16. The van der Waals surface area contributed by atoms with Crippen molar-refractivity contribution in [1.29, 1.82) is 0 Å². The van der Waals surface area contributed by atoms with Gasteiger partial charge in [-0.05, 0) is 44.5 Å². The molecule has 31 heavy (non-hydrogen) atoms. The highest BCUT2D eigenvalue weighted by molar-refractivity contribution is 6.17. The van der Waals surface area contributed by atoms with Crippen molar-refractivity contribution in [3.8, 4) is 11.5 Å². The summed E-state index contributed by atoms with van der Waals surface area (Å²) < 4.78 is 12.0. The minimum atomic E-state index is -0.887. The van der Waals surface area contributed by atoms with Crippen LogP contribution < -0.4 is 14.4 Å². The maximum atomic E-state index is 13.5. The van der Waals surface area contributed by atoms with Crippen LogP contribution in [0, 0.1) is 6.92 Å². The smallest absolute Gasteiger partial charge is 0.307 e. The Labute approximate surface area is 181 Å². The SMILES string of the molecule is CCOc1c2c(c(OCC)c3ccc(C)cc13)C(=O)N(c1ccc(CC(=O)O)cc1)C2. The van der Waals surface area contributed by atoms with Gasteiger partial charge in [0.15, 0.2) is 0 Å². The van der Waals surface area contributed by atoms with Crippen molar-refractivity contribution in [3.63, 3.8) is 0 Å². The molecule has 0 unspecified atom stereocenters. The molecule has 0 saturated heterocycles. The van der Waals surface area contributed by atoms with Gasteiger partial charge in [-0.3, -0.25) is 9.59 Å². The fourth-order valence-electron chi connectivity index (χ4n) is 4.11. The Kier molecular flexibility index (Phi) is 5.55. The van der Waals surface area contributed by atoms with E-state index in [0.717, 1.165) is 27.6 Å². The molecule has 1 amide bonds. The minimum absolute atomic E-state index is 0.0534. The molecule has 1 aliphatic rings. The summed E-state index contributed by atoms with van der Waals surface area (Å²) >= 11 is 0. The van der Waals surface area contributed by atoms with E-state index in [9.17, 15) is 9.59 Å². The van der Waals surface area contributed by atoms with Gasteiger partial charge >= 0.3 is 5.97 Å². The van der Waals surface area contributed by atoms with E-state index in [0.29, 0.717) is 42.3 Å². The van der Waals surface area contributed by atoms with Crippen molar-refractivity contribution in [1.82, 2.24) is 0 Å². The van der Waals surface area contributed by atoms with Crippen molar-refractivity contribution in [2.24, 2.45) is 0 Å². The van der Waals surface area contributed by atoms with Gasteiger partial charge in [0.05, 0.1) is 31.7 Å². The van der Waals surface area contributed by atoms with E-state index in [1.807, 2.05) is 32.9 Å². The molecule has 1 heterocycles. The van der Waals surface area contributed by atoms with Gasteiger partial charge in [0.1, 0.15) is 11.5 Å². The normalized spacial score (nSPS) is 12.9. The van der Waals surface area contributed by atoms with Gasteiger partial charge in [-0.25, -0.2) is 0 Å². The summed E-state index contributed by atoms with van der Waals surface area (Å²) in [5.74, 6) is 0.277. The molecule has 4 rings (SSSR count). The first-order chi connectivity index (χ1) is 14.9. The minimum Gasteiger partial charge on any atom is -0.493 e. The highest BCUT2D eigenvalue weighted by atomic mass is 16.5. The molecule has 0 saturated carbocycles. The van der Waals surface area contributed by atoms with Crippen molar-refractivity contribution in [2.75, 3.05) is 18.1 Å². The third-order valence-electron chi connectivity index (χ3n) is 5.42. The maximum Gasteiger partial charge on any atom is 0.307 e. The number of aryl methyl sites for hydroxylation is 1. The van der Waals surface area contributed by atoms with Crippen LogP contribution >= 0.6 is 0 Å². The lowest BCUT2D eigenvalue weighted by Crippen LogP contribution is -2.23. The molecule has 0 bridgehead atoms. The van der Waals surface area contributed by atoms with Gasteiger partial charge in [-0.1, -0.05) is 29.8 Å². The summed E-state index contributed by atoms with van der Waals surface area (Å²) in [5.41, 5.74) is 3.86. The standard InChI is InChI=1S/C25H25NO5/c1-4-30-23-19-12-15(3)6-11-18(19)24(31-5-2)22-20(23)14-26(25(22)29)17-9-7-16(8-10-17)13-21(27)28/h6-12H,4-5,13-14H2,1-3H3,(H,27,28). The number of fused-ring (bicyclic) bond motifs is 2. The van der Waals surface area contributed by atoms with E-state index in [-0.39, 0.29) is 12.3 Å². The molecular weight excluding hydrogens is 394 g/mol. The third kappa shape index (κ3) is 3.69. The molecule has 1 aliphatic heterocycles. The van der Waals surface area contributed by atoms with Crippen LogP contribution in [0.5, 0.6) is 11.5 Å². The Balaban J connectivity index is 1.85. The average Bonchev–Trinajstić information content (AvgIpc) is 3.08. The number of anilines is 1. The zero-order valence-corrected chi connectivity index (χ0v) is 17.9. The Morgan fingerprint density at radius 3 is 2.32 bits per heavy atom. The van der Waals surface area contributed by atoms with Crippen molar-refractivity contribution in [3.05, 3.63) is 64.7 Å². The molecule has 0 radical (unpaired) electrons. The molecular formula is C25H25NO5. The van der Waals surface area contributed by atoms with E-state index in [1.54, 1.807) is 29.2 Å². The number of ether oxygens (including phenoxy) is 2. The van der Waals surface area contributed by atoms with Gasteiger partial charge in [0.25, 0.3) is 5.91 Å².